The molecule has 3 saturated carbocycles. The summed E-state index contributed by atoms with van der Waals surface area (Å²) in [4.78, 5) is 32.0. The summed E-state index contributed by atoms with van der Waals surface area (Å²) in [5, 5.41) is 12.9. The second-order valence-electron chi connectivity index (χ2n) is 12.8. The monoisotopic (exact) mass is 557 g/mol. The number of halogens is 2. The lowest BCUT2D eigenvalue weighted by atomic mass is 9.44. The van der Waals surface area contributed by atoms with Gasteiger partial charge < -0.3 is 5.11 Å². The fourth-order valence-corrected chi connectivity index (χ4v) is 9.56. The van der Waals surface area contributed by atoms with Crippen molar-refractivity contribution in [2.75, 3.05) is 6.54 Å². The molecule has 1 heterocycles. The molecule has 1 aromatic rings. The summed E-state index contributed by atoms with van der Waals surface area (Å²) in [6.45, 7) is 6.58. The summed E-state index contributed by atoms with van der Waals surface area (Å²) < 4.78 is 33.1. The highest BCUT2D eigenvalue weighted by Crippen LogP contribution is 2.72. The van der Waals surface area contributed by atoms with Crippen LogP contribution in [0.5, 0.6) is 0 Å². The molecule has 1 N–H and O–H groups in total. The molecule has 1 aromatic carbocycles. The number of hydrogen-bond acceptors (Lipinski definition) is 5. The van der Waals surface area contributed by atoms with E-state index in [9.17, 15) is 14.7 Å². The fourth-order valence-electron chi connectivity index (χ4n) is 9.08. The number of nitrogens with zero attached hydrogens (tertiary/aromatic N) is 1. The second kappa shape index (κ2) is 9.07. The van der Waals surface area contributed by atoms with Crippen molar-refractivity contribution in [3.8, 4) is 0 Å². The second-order valence-corrected chi connectivity index (χ2v) is 13.2. The van der Waals surface area contributed by atoms with Crippen LogP contribution in [0.25, 0.3) is 0 Å². The van der Waals surface area contributed by atoms with Gasteiger partial charge in [0.1, 0.15) is 6.17 Å². The highest BCUT2D eigenvalue weighted by molar-refractivity contribution is 7.96. The summed E-state index contributed by atoms with van der Waals surface area (Å²) in [6, 6.07) is 8.36. The Hall–Kier alpha value is -1.87. The van der Waals surface area contributed by atoms with Gasteiger partial charge in [0.2, 0.25) is 5.12 Å². The number of thiol groups is 1. The zero-order valence-corrected chi connectivity index (χ0v) is 23.6. The van der Waals surface area contributed by atoms with Gasteiger partial charge in [0.15, 0.2) is 17.1 Å². The number of aryl methyl sites for hydroxylation is 1. The average Bonchev–Trinajstić information content (AvgIpc) is 3.36. The largest absolute Gasteiger partial charge is 0.390 e. The van der Waals surface area contributed by atoms with E-state index in [0.29, 0.717) is 19.5 Å². The van der Waals surface area contributed by atoms with Crippen LogP contribution in [-0.2, 0) is 27.4 Å². The highest BCUT2D eigenvalue weighted by Gasteiger charge is 2.79. The molecule has 4 fully saturated rings. The maximum absolute atomic E-state index is 17.4. The van der Waals surface area contributed by atoms with Gasteiger partial charge in [-0.3, -0.25) is 14.4 Å². The van der Waals surface area contributed by atoms with Gasteiger partial charge >= 0.3 is 0 Å². The standard InChI is InChI=1S/C31H37F2NO4S/c1-4-5-18-6-8-19(9-7-18)16-34-17-20-12-22-23-14-25(32)24-13-21(35)10-11-28(24,2)30(23,33)26(36)15-29(22,3)31(20,38-34)27(37)39/h6-11,13,20,22-23,25-26,36H,4-5,12,14-17H2,1-3H3,(H,37,39)/t20-,22-,23-,25-,26-,28-,29-,30-,31-/m0/s1. The first kappa shape index (κ1) is 27.3. The summed E-state index contributed by atoms with van der Waals surface area (Å²) in [6.07, 6.45) is 3.32. The Labute approximate surface area is 234 Å². The minimum absolute atomic E-state index is 0.0192. The van der Waals surface area contributed by atoms with Crippen molar-refractivity contribution in [1.82, 2.24) is 5.06 Å². The van der Waals surface area contributed by atoms with Crippen molar-refractivity contribution >= 4 is 23.5 Å². The Morgan fingerprint density at radius 2 is 1.87 bits per heavy atom. The normalized spacial score (nSPS) is 44.8. The number of aliphatic hydroxyl groups is 1. The van der Waals surface area contributed by atoms with E-state index in [1.165, 1.54) is 23.8 Å². The molecule has 210 valence electrons. The topological polar surface area (TPSA) is 66.8 Å². The van der Waals surface area contributed by atoms with Crippen molar-refractivity contribution in [3.05, 3.63) is 59.2 Å². The number of aliphatic hydroxyl groups excluding tert-OH is 1. The lowest BCUT2D eigenvalue weighted by Gasteiger charge is -2.63. The van der Waals surface area contributed by atoms with Gasteiger partial charge in [0.05, 0.1) is 6.10 Å². The van der Waals surface area contributed by atoms with Gasteiger partial charge in [-0.25, -0.2) is 8.78 Å². The van der Waals surface area contributed by atoms with Crippen LogP contribution in [-0.4, -0.2) is 51.2 Å². The molecular weight excluding hydrogens is 520 g/mol. The smallest absolute Gasteiger partial charge is 0.220 e. The number of ketones is 1. The summed E-state index contributed by atoms with van der Waals surface area (Å²) in [5.41, 5.74) is -3.48. The molecular formula is C31H37F2NO4S. The predicted octanol–water partition coefficient (Wildman–Crippen LogP) is 5.13. The number of fused-ring (bicyclic) bond motifs is 7. The Balaban J connectivity index is 1.33. The third kappa shape index (κ3) is 3.53. The maximum atomic E-state index is 17.4. The molecule has 9 atom stereocenters. The first-order valence-electron chi connectivity index (χ1n) is 14.1. The third-order valence-corrected chi connectivity index (χ3v) is 11.2. The number of hydroxylamine groups is 2. The number of rotatable bonds is 5. The van der Waals surface area contributed by atoms with E-state index in [1.807, 2.05) is 6.92 Å². The van der Waals surface area contributed by atoms with Crippen LogP contribution in [0, 0.1) is 28.6 Å². The molecule has 5 aliphatic rings. The molecule has 0 amide bonds. The van der Waals surface area contributed by atoms with Crippen LogP contribution in [0.4, 0.5) is 8.78 Å². The van der Waals surface area contributed by atoms with Gasteiger partial charge in [-0.1, -0.05) is 50.6 Å². The third-order valence-electron chi connectivity index (χ3n) is 10.9. The van der Waals surface area contributed by atoms with E-state index in [0.717, 1.165) is 18.4 Å². The SMILES string of the molecule is CCCc1ccc(CN2C[C@@H]3C[C@H]4[C@@H]5C[C@H](F)C6=CC(=O)C=C[C@]6(C)[C@@]5(F)[C@@H](O)C[C@]4(C)[C@]3(C(=O)S)O2)cc1. The Morgan fingerprint density at radius 3 is 2.54 bits per heavy atom. The number of allylic oxidation sites excluding steroid dienone is 4. The van der Waals surface area contributed by atoms with Crippen molar-refractivity contribution in [1.29, 1.82) is 0 Å². The zero-order valence-electron chi connectivity index (χ0n) is 22.7. The lowest BCUT2D eigenvalue weighted by Crippen LogP contribution is -2.70. The van der Waals surface area contributed by atoms with Crippen molar-refractivity contribution in [2.45, 2.75) is 83.0 Å². The number of carbonyl (C=O) groups is 2. The van der Waals surface area contributed by atoms with Crippen molar-refractivity contribution in [2.24, 2.45) is 28.6 Å². The number of benzene rings is 1. The van der Waals surface area contributed by atoms with Crippen LogP contribution >= 0.6 is 12.6 Å². The highest BCUT2D eigenvalue weighted by atomic mass is 32.1. The summed E-state index contributed by atoms with van der Waals surface area (Å²) in [5.74, 6) is -1.88. The molecule has 5 nitrogen and oxygen atoms in total. The molecule has 0 spiro atoms. The minimum Gasteiger partial charge on any atom is -0.390 e. The van der Waals surface area contributed by atoms with Crippen molar-refractivity contribution in [3.63, 3.8) is 0 Å². The van der Waals surface area contributed by atoms with E-state index in [2.05, 4.69) is 43.8 Å². The fraction of sp³-hybridized carbons (Fsp3) is 0.613. The predicted molar refractivity (Wildman–Crippen MR) is 146 cm³/mol. The Bertz CT molecular complexity index is 1270. The van der Waals surface area contributed by atoms with Crippen LogP contribution in [0.3, 0.4) is 0 Å². The van der Waals surface area contributed by atoms with Gasteiger partial charge in [-0.15, -0.1) is 12.6 Å². The van der Waals surface area contributed by atoms with Crippen molar-refractivity contribution < 1.29 is 28.3 Å². The van der Waals surface area contributed by atoms with Crippen LogP contribution in [0.1, 0.15) is 57.6 Å². The maximum Gasteiger partial charge on any atom is 0.220 e. The summed E-state index contributed by atoms with van der Waals surface area (Å²) >= 11 is 4.32. The van der Waals surface area contributed by atoms with Crippen LogP contribution in [0.15, 0.2) is 48.1 Å². The van der Waals surface area contributed by atoms with E-state index in [4.69, 9.17) is 4.84 Å². The van der Waals surface area contributed by atoms with Gasteiger partial charge in [-0.05, 0) is 67.4 Å². The summed E-state index contributed by atoms with van der Waals surface area (Å²) in [7, 11) is 0. The van der Waals surface area contributed by atoms with Gasteiger partial charge in [0, 0.05) is 35.8 Å². The molecule has 39 heavy (non-hydrogen) atoms. The van der Waals surface area contributed by atoms with Crippen LogP contribution < -0.4 is 0 Å². The molecule has 1 saturated heterocycles. The van der Waals surface area contributed by atoms with E-state index in [-0.39, 0.29) is 30.1 Å². The number of carbonyl (C=O) groups excluding carboxylic acids is 2. The molecule has 1 aliphatic heterocycles. The first-order chi connectivity index (χ1) is 18.4. The van der Waals surface area contributed by atoms with Crippen LogP contribution in [0.2, 0.25) is 0 Å². The molecule has 0 aromatic heterocycles. The molecule has 0 unspecified atom stereocenters. The van der Waals surface area contributed by atoms with Gasteiger partial charge in [0.25, 0.3) is 0 Å². The first-order valence-corrected chi connectivity index (χ1v) is 14.6. The Kier molecular flexibility index (Phi) is 6.35. The van der Waals surface area contributed by atoms with E-state index < -0.39 is 51.3 Å². The zero-order chi connectivity index (χ0) is 28.0. The molecule has 0 radical (unpaired) electrons. The van der Waals surface area contributed by atoms with Gasteiger partial charge in [-0.2, -0.15) is 5.06 Å². The number of alkyl halides is 2. The Morgan fingerprint density at radius 1 is 1.18 bits per heavy atom. The van der Waals surface area contributed by atoms with E-state index >= 15 is 8.78 Å². The molecule has 8 heteroatoms. The quantitative estimate of drug-likeness (QED) is 0.492. The molecule has 0 bridgehead atoms. The molecule has 6 rings (SSSR count). The minimum atomic E-state index is -2.18. The lowest BCUT2D eigenvalue weighted by molar-refractivity contribution is -0.266. The molecule has 4 aliphatic carbocycles. The number of hydrogen-bond donors (Lipinski definition) is 2. The van der Waals surface area contributed by atoms with E-state index in [1.54, 1.807) is 12.0 Å². The average molecular weight is 558 g/mol.